The molecule has 1 aromatic rings. The molecule has 29 heavy (non-hydrogen) atoms. The Morgan fingerprint density at radius 3 is 2.52 bits per heavy atom. The van der Waals surface area contributed by atoms with Gasteiger partial charge in [-0.15, -0.1) is 11.6 Å². The van der Waals surface area contributed by atoms with Gasteiger partial charge in [-0.1, -0.05) is 6.07 Å². The molecule has 4 saturated carbocycles. The number of amides is 2. The van der Waals surface area contributed by atoms with E-state index in [4.69, 9.17) is 16.3 Å². The number of nitro groups is 1. The Morgan fingerprint density at radius 1 is 1.21 bits per heavy atom. The first-order chi connectivity index (χ1) is 13.7. The summed E-state index contributed by atoms with van der Waals surface area (Å²) in [6.45, 7) is -0.578. The summed E-state index contributed by atoms with van der Waals surface area (Å²) in [7, 11) is 0. The van der Waals surface area contributed by atoms with Crippen molar-refractivity contribution in [1.29, 1.82) is 0 Å². The minimum absolute atomic E-state index is 0.0240. The first-order valence-corrected chi connectivity index (χ1v) is 10.0. The highest BCUT2D eigenvalue weighted by molar-refractivity contribution is 6.24. The van der Waals surface area contributed by atoms with Crippen LogP contribution >= 0.6 is 11.6 Å². The molecule has 4 aliphatic rings. The Morgan fingerprint density at radius 2 is 1.90 bits per heavy atom. The molecule has 0 heterocycles. The summed E-state index contributed by atoms with van der Waals surface area (Å²) >= 11 is 6.72. The van der Waals surface area contributed by atoms with Crippen molar-refractivity contribution in [3.8, 4) is 0 Å². The van der Waals surface area contributed by atoms with E-state index in [2.05, 4.69) is 5.32 Å². The van der Waals surface area contributed by atoms with Gasteiger partial charge in [-0.2, -0.15) is 0 Å². The Labute approximate surface area is 172 Å². The Bertz CT molecular complexity index is 887. The van der Waals surface area contributed by atoms with Gasteiger partial charge in [0.2, 0.25) is 0 Å². The zero-order chi connectivity index (χ0) is 20.8. The molecular weight excluding hydrogens is 400 g/mol. The van der Waals surface area contributed by atoms with Crippen molar-refractivity contribution < 1.29 is 24.0 Å². The second-order valence-electron chi connectivity index (χ2n) is 8.65. The quantitative estimate of drug-likeness (QED) is 0.339. The topological polar surface area (TPSA) is 116 Å². The molecule has 0 radical (unpaired) electrons. The lowest BCUT2D eigenvalue weighted by molar-refractivity contribution is -0.384. The van der Waals surface area contributed by atoms with Crippen LogP contribution in [0.1, 0.15) is 48.9 Å². The summed E-state index contributed by atoms with van der Waals surface area (Å²) in [5, 5.41) is 12.9. The predicted octanol–water partition coefficient (Wildman–Crippen LogP) is 2.97. The molecule has 154 valence electrons. The number of nitrogens with zero attached hydrogens (tertiary/aromatic N) is 1. The minimum Gasteiger partial charge on any atom is -0.455 e. The fraction of sp³-hybridized carbons (Fsp3) is 0.550. The normalized spacial score (nSPS) is 31.9. The number of ether oxygens (including phenoxy) is 1. The van der Waals surface area contributed by atoms with Crippen molar-refractivity contribution >= 4 is 35.1 Å². The smallest absolute Gasteiger partial charge is 0.312 e. The largest absolute Gasteiger partial charge is 0.455 e. The van der Waals surface area contributed by atoms with E-state index >= 15 is 0 Å². The first-order valence-electron chi connectivity index (χ1n) is 9.63. The summed E-state index contributed by atoms with van der Waals surface area (Å²) in [6, 6.07) is 5.03. The molecule has 1 N–H and O–H groups in total. The lowest BCUT2D eigenvalue weighted by Crippen LogP contribution is -2.56. The molecule has 2 unspecified atom stereocenters. The third-order valence-electron chi connectivity index (χ3n) is 6.33. The molecule has 4 aliphatic carbocycles. The highest BCUT2D eigenvalue weighted by Crippen LogP contribution is 2.64. The lowest BCUT2D eigenvalue weighted by Gasteiger charge is -2.58. The van der Waals surface area contributed by atoms with E-state index in [9.17, 15) is 24.5 Å². The van der Waals surface area contributed by atoms with Crippen LogP contribution in [-0.2, 0) is 14.3 Å². The molecule has 9 heteroatoms. The van der Waals surface area contributed by atoms with Gasteiger partial charge in [0, 0.05) is 22.6 Å². The number of carbonyl (C=O) groups excluding carboxylic acids is 3. The van der Waals surface area contributed by atoms with E-state index in [1.807, 2.05) is 0 Å². The van der Waals surface area contributed by atoms with Gasteiger partial charge in [0.15, 0.2) is 6.61 Å². The van der Waals surface area contributed by atoms with E-state index in [0.29, 0.717) is 18.3 Å². The van der Waals surface area contributed by atoms with Gasteiger partial charge in [0.1, 0.15) is 0 Å². The van der Waals surface area contributed by atoms with Crippen LogP contribution in [0.5, 0.6) is 0 Å². The minimum atomic E-state index is -0.788. The van der Waals surface area contributed by atoms with Gasteiger partial charge in [0.05, 0.1) is 10.3 Å². The maximum absolute atomic E-state index is 12.8. The molecule has 0 spiro atoms. The Hall–Kier alpha value is -2.48. The van der Waals surface area contributed by atoms with E-state index in [-0.39, 0.29) is 16.1 Å². The maximum Gasteiger partial charge on any atom is 0.312 e. The zero-order valence-electron chi connectivity index (χ0n) is 15.7. The predicted molar refractivity (Wildman–Crippen MR) is 102 cm³/mol. The van der Waals surface area contributed by atoms with Crippen molar-refractivity contribution in [2.75, 3.05) is 6.61 Å². The highest BCUT2D eigenvalue weighted by Gasteiger charge is 2.60. The summed E-state index contributed by atoms with van der Waals surface area (Å²) in [5.74, 6) is -1.14. The molecule has 4 bridgehead atoms. The maximum atomic E-state index is 12.8. The molecule has 4 fully saturated rings. The van der Waals surface area contributed by atoms with Gasteiger partial charge < -0.3 is 4.74 Å². The number of non-ortho nitro benzene ring substituents is 1. The molecule has 0 saturated heterocycles. The highest BCUT2D eigenvalue weighted by atomic mass is 35.5. The third-order valence-corrected chi connectivity index (χ3v) is 6.77. The average molecular weight is 421 g/mol. The van der Waals surface area contributed by atoms with Crippen molar-refractivity contribution in [2.45, 2.75) is 43.4 Å². The molecule has 8 nitrogen and oxygen atoms in total. The van der Waals surface area contributed by atoms with Crippen LogP contribution in [0.15, 0.2) is 24.3 Å². The number of alkyl halides is 1. The van der Waals surface area contributed by atoms with Crippen molar-refractivity contribution in [3.05, 3.63) is 39.9 Å². The summed E-state index contributed by atoms with van der Waals surface area (Å²) in [5.41, 5.74) is -0.909. The number of nitrogens with one attached hydrogen (secondary N) is 1. The molecule has 2 atom stereocenters. The first kappa shape index (κ1) is 19.8. The number of halogens is 1. The Balaban J connectivity index is 1.34. The van der Waals surface area contributed by atoms with Gasteiger partial charge >= 0.3 is 5.97 Å². The van der Waals surface area contributed by atoms with Crippen LogP contribution in [0, 0.1) is 27.4 Å². The monoisotopic (exact) mass is 420 g/mol. The number of hydrogen-bond donors (Lipinski definition) is 1. The summed E-state index contributed by atoms with van der Waals surface area (Å²) in [4.78, 5) is 46.8. The number of carbonyl (C=O) groups is 3. The second kappa shape index (κ2) is 7.09. The van der Waals surface area contributed by atoms with Gasteiger partial charge in [0.25, 0.3) is 17.5 Å². The van der Waals surface area contributed by atoms with Crippen molar-refractivity contribution in [3.63, 3.8) is 0 Å². The number of nitro benzene ring substituents is 1. The van der Waals surface area contributed by atoms with E-state index in [1.54, 1.807) is 0 Å². The van der Waals surface area contributed by atoms with E-state index in [1.165, 1.54) is 18.2 Å². The fourth-order valence-electron chi connectivity index (χ4n) is 5.67. The van der Waals surface area contributed by atoms with E-state index in [0.717, 1.165) is 38.2 Å². The lowest BCUT2D eigenvalue weighted by atomic mass is 9.49. The number of benzene rings is 1. The van der Waals surface area contributed by atoms with Gasteiger partial charge in [-0.25, -0.2) is 0 Å². The number of imide groups is 1. The third kappa shape index (κ3) is 3.85. The van der Waals surface area contributed by atoms with Gasteiger partial charge in [-0.05, 0) is 56.4 Å². The molecule has 0 aliphatic heterocycles. The van der Waals surface area contributed by atoms with Crippen molar-refractivity contribution in [1.82, 2.24) is 5.32 Å². The number of hydrogen-bond acceptors (Lipinski definition) is 6. The molecule has 2 amide bonds. The van der Waals surface area contributed by atoms with Crippen LogP contribution in [0.2, 0.25) is 0 Å². The van der Waals surface area contributed by atoms with Crippen LogP contribution in [0.3, 0.4) is 0 Å². The number of esters is 1. The summed E-state index contributed by atoms with van der Waals surface area (Å²) < 4.78 is 5.26. The molecular formula is C20H21ClN2O6. The molecule has 0 aromatic heterocycles. The SMILES string of the molecule is O=C(COC(=O)C12CC3CC(CC(Cl)(C3)C1)C2)NC(=O)c1cccc([N+](=O)[O-])c1. The van der Waals surface area contributed by atoms with Crippen LogP contribution in [-0.4, -0.2) is 34.2 Å². The van der Waals surface area contributed by atoms with E-state index < -0.39 is 34.7 Å². The zero-order valence-corrected chi connectivity index (χ0v) is 16.4. The van der Waals surface area contributed by atoms with Crippen LogP contribution in [0.25, 0.3) is 0 Å². The fourth-order valence-corrected chi connectivity index (χ4v) is 6.36. The standard InChI is InChI=1S/C20H21ClN2O6/c21-20-8-12-4-13(9-20)7-19(6-12,11-20)18(26)29-10-16(24)22-17(25)14-2-1-3-15(5-14)23(27)28/h1-3,5,12-13H,4,6-11H2,(H,22,24,25). The number of rotatable bonds is 5. The van der Waals surface area contributed by atoms with Crippen LogP contribution in [0.4, 0.5) is 5.69 Å². The average Bonchev–Trinajstić information content (AvgIpc) is 2.64. The summed E-state index contributed by atoms with van der Waals surface area (Å²) in [6.07, 6.45) is 5.01. The van der Waals surface area contributed by atoms with Crippen molar-refractivity contribution in [2.24, 2.45) is 17.3 Å². The van der Waals surface area contributed by atoms with Crippen LogP contribution < -0.4 is 5.32 Å². The second-order valence-corrected chi connectivity index (χ2v) is 9.45. The molecule has 5 rings (SSSR count). The van der Waals surface area contributed by atoms with Gasteiger partial charge in [-0.3, -0.25) is 29.8 Å². The Kier molecular flexibility index (Phi) is 4.85. The molecule has 1 aromatic carbocycles.